The number of nitrogens with zero attached hydrogens (tertiary/aromatic N) is 6. The van der Waals surface area contributed by atoms with Crippen molar-refractivity contribution >= 4 is 0 Å². The molecule has 8 rings (SSSR count). The number of phenols is 5. The topological polar surface area (TPSA) is 215 Å². The first-order valence-corrected chi connectivity index (χ1v) is 26.0. The predicted octanol–water partition coefficient (Wildman–Crippen LogP) is 13.9. The number of aryl methyl sites for hydroxylation is 3. The second-order valence-corrected chi connectivity index (χ2v) is 18.5. The van der Waals surface area contributed by atoms with Gasteiger partial charge >= 0.3 is 0 Å². The molecule has 0 saturated carbocycles. The summed E-state index contributed by atoms with van der Waals surface area (Å²) in [5, 5.41) is 53.5. The number of unbranched alkanes of at least 4 members (excludes halogenated alkanes) is 4. The second kappa shape index (κ2) is 26.7. The van der Waals surface area contributed by atoms with Gasteiger partial charge in [0, 0.05) is 18.2 Å². The first kappa shape index (κ1) is 55.3. The van der Waals surface area contributed by atoms with Gasteiger partial charge in [0.2, 0.25) is 0 Å². The van der Waals surface area contributed by atoms with Crippen LogP contribution in [0.4, 0.5) is 0 Å². The Kier molecular flexibility index (Phi) is 19.4. The van der Waals surface area contributed by atoms with Gasteiger partial charge in [0.1, 0.15) is 51.7 Å². The Hall–Kier alpha value is -8.46. The van der Waals surface area contributed by atoms with Crippen LogP contribution in [-0.4, -0.2) is 81.9 Å². The van der Waals surface area contributed by atoms with E-state index >= 15 is 0 Å². The lowest BCUT2D eigenvalue weighted by Crippen LogP contribution is -2.04. The number of phenolic OH excluding ortho intramolecular Hbond substituents is 5. The largest absolute Gasteiger partial charge is 0.507 e. The molecule has 2 aromatic heterocycles. The van der Waals surface area contributed by atoms with Crippen LogP contribution < -0.4 is 18.9 Å². The molecule has 5 N–H and O–H groups in total. The van der Waals surface area contributed by atoms with E-state index in [1.807, 2.05) is 57.2 Å². The van der Waals surface area contributed by atoms with Crippen molar-refractivity contribution in [3.8, 4) is 120 Å². The summed E-state index contributed by atoms with van der Waals surface area (Å²) in [7, 11) is 0. The summed E-state index contributed by atoms with van der Waals surface area (Å²) in [5.74, 6) is 4.01. The Bertz CT molecular complexity index is 2990. The summed E-state index contributed by atoms with van der Waals surface area (Å²) in [6.07, 6.45) is 7.70. The molecule has 0 amide bonds. The molecule has 0 spiro atoms. The molecule has 2 heterocycles. The predicted molar refractivity (Wildman–Crippen MR) is 296 cm³/mol. The molecule has 0 aliphatic heterocycles. The van der Waals surface area contributed by atoms with Crippen LogP contribution in [0.1, 0.15) is 95.8 Å². The van der Waals surface area contributed by atoms with Crippen molar-refractivity contribution in [1.82, 2.24) is 29.9 Å². The molecule has 0 bridgehead atoms. The summed E-state index contributed by atoms with van der Waals surface area (Å²) in [5.41, 5.74) is 5.45. The Morgan fingerprint density at radius 3 is 0.842 bits per heavy atom. The van der Waals surface area contributed by atoms with Crippen molar-refractivity contribution in [2.75, 3.05) is 26.4 Å². The van der Waals surface area contributed by atoms with E-state index in [-0.39, 0.29) is 57.9 Å². The normalized spacial score (nSPS) is 10.9. The molecular weight excluding hydrogens is 961 g/mol. The van der Waals surface area contributed by atoms with Crippen LogP contribution in [0.3, 0.4) is 0 Å². The molecule has 0 saturated heterocycles. The van der Waals surface area contributed by atoms with Crippen molar-refractivity contribution in [3.63, 3.8) is 0 Å². The van der Waals surface area contributed by atoms with E-state index < -0.39 is 0 Å². The third kappa shape index (κ3) is 14.4. The zero-order valence-electron chi connectivity index (χ0n) is 44.4. The minimum Gasteiger partial charge on any atom is -0.507 e. The highest BCUT2D eigenvalue weighted by Gasteiger charge is 2.22. The fraction of sp³-hybridized carbons (Fsp3) is 0.311. The van der Waals surface area contributed by atoms with Gasteiger partial charge in [-0.05, 0) is 136 Å². The van der Waals surface area contributed by atoms with Crippen LogP contribution in [0.2, 0.25) is 0 Å². The monoisotopic (exact) mass is 1030 g/mol. The lowest BCUT2D eigenvalue weighted by atomic mass is 10.1. The lowest BCUT2D eigenvalue weighted by molar-refractivity contribution is 0.295. The zero-order chi connectivity index (χ0) is 54.1. The molecule has 8 aromatic rings. The molecule has 0 atom stereocenters. The number of hydrogen-bond acceptors (Lipinski definition) is 15. The molecule has 6 aromatic carbocycles. The summed E-state index contributed by atoms with van der Waals surface area (Å²) < 4.78 is 23.8. The van der Waals surface area contributed by atoms with Crippen LogP contribution in [0, 0.1) is 20.8 Å². The van der Waals surface area contributed by atoms with E-state index in [4.69, 9.17) is 33.9 Å². The molecule has 0 fully saturated rings. The van der Waals surface area contributed by atoms with Crippen LogP contribution in [0.5, 0.6) is 51.7 Å². The van der Waals surface area contributed by atoms with Crippen molar-refractivity contribution in [2.24, 2.45) is 0 Å². The van der Waals surface area contributed by atoms with E-state index in [9.17, 15) is 25.5 Å². The minimum absolute atomic E-state index is 0.0277. The van der Waals surface area contributed by atoms with Gasteiger partial charge in [-0.3, -0.25) is 0 Å². The Balaban J connectivity index is 0.000000241. The molecule has 15 nitrogen and oxygen atoms in total. The van der Waals surface area contributed by atoms with E-state index in [2.05, 4.69) is 42.6 Å². The van der Waals surface area contributed by atoms with Gasteiger partial charge in [-0.1, -0.05) is 71.6 Å². The van der Waals surface area contributed by atoms with Crippen LogP contribution in [-0.2, 0) is 0 Å². The Labute approximate surface area is 445 Å². The first-order valence-electron chi connectivity index (χ1n) is 26.0. The number of ether oxygens (including phenoxy) is 4. The zero-order valence-corrected chi connectivity index (χ0v) is 44.4. The number of rotatable bonds is 22. The van der Waals surface area contributed by atoms with Gasteiger partial charge in [-0.2, -0.15) is 0 Å². The van der Waals surface area contributed by atoms with E-state index in [1.165, 1.54) is 0 Å². The fourth-order valence-corrected chi connectivity index (χ4v) is 7.77. The molecule has 76 heavy (non-hydrogen) atoms. The highest BCUT2D eigenvalue weighted by atomic mass is 16.5. The summed E-state index contributed by atoms with van der Waals surface area (Å²) >= 11 is 0. The van der Waals surface area contributed by atoms with Gasteiger partial charge in [-0.25, -0.2) is 29.9 Å². The number of aromatic hydroxyl groups is 5. The van der Waals surface area contributed by atoms with Crippen molar-refractivity contribution < 1.29 is 44.5 Å². The van der Waals surface area contributed by atoms with Crippen molar-refractivity contribution in [1.29, 1.82) is 0 Å². The van der Waals surface area contributed by atoms with Gasteiger partial charge in [0.15, 0.2) is 34.9 Å². The smallest absolute Gasteiger partial charge is 0.167 e. The summed E-state index contributed by atoms with van der Waals surface area (Å²) in [6.45, 7) is 16.3. The fourth-order valence-electron chi connectivity index (χ4n) is 7.77. The maximum atomic E-state index is 11.1. The SMILES string of the molecule is CCCCOc1ccc(-c2nc(-c3ccc(OCCCC)cc3O)nc(-c3ccc(OCCCC)cc3OCCCC)n2)c(O)c1.Cc1ccc(-c2nc(-c3ccc(C)cc3O)nc(-c3ccc(C)cc3O)n2)c(O)c1. The van der Waals surface area contributed by atoms with Gasteiger partial charge in [0.05, 0.1) is 59.8 Å². The highest BCUT2D eigenvalue weighted by molar-refractivity contribution is 5.76. The summed E-state index contributed by atoms with van der Waals surface area (Å²) in [6, 6.07) is 31.4. The maximum Gasteiger partial charge on any atom is 0.167 e. The lowest BCUT2D eigenvalue weighted by Gasteiger charge is -2.15. The Morgan fingerprint density at radius 1 is 0.303 bits per heavy atom. The summed E-state index contributed by atoms with van der Waals surface area (Å²) in [4.78, 5) is 27.8. The second-order valence-electron chi connectivity index (χ2n) is 18.5. The van der Waals surface area contributed by atoms with Gasteiger partial charge in [-0.15, -0.1) is 0 Å². The van der Waals surface area contributed by atoms with Crippen LogP contribution >= 0.6 is 0 Å². The maximum absolute atomic E-state index is 11.1. The number of benzene rings is 6. The highest BCUT2D eigenvalue weighted by Crippen LogP contribution is 2.40. The number of aromatic nitrogens is 6. The molecule has 0 aliphatic rings. The Morgan fingerprint density at radius 2 is 0.553 bits per heavy atom. The van der Waals surface area contributed by atoms with Crippen LogP contribution in [0.25, 0.3) is 68.3 Å². The minimum atomic E-state index is -0.0277. The van der Waals surface area contributed by atoms with Gasteiger partial charge in [0.25, 0.3) is 0 Å². The first-order chi connectivity index (χ1) is 36.8. The molecule has 0 radical (unpaired) electrons. The molecule has 396 valence electrons. The van der Waals surface area contributed by atoms with E-state index in [1.54, 1.807) is 72.8 Å². The molecule has 0 unspecified atom stereocenters. The molecule has 15 heteroatoms. The standard InChI is InChI=1S/C37H47N3O6.C24H21N3O3/c1-5-9-19-43-26-13-16-29(32(41)23-26)35-38-36(30-17-14-27(24-33(30)42)44-20-10-6-2)40-37(39-35)31-18-15-28(45-21-11-7-3)25-34(31)46-22-12-8-4;1-13-4-7-16(19(28)10-13)22-25-23(17-8-5-14(2)11-20(17)29)27-24(26-22)18-9-6-15(3)12-21(18)30/h13-18,23-25,41-42H,5-12,19-22H2,1-4H3;4-12,28-30H,1-3H3. The van der Waals surface area contributed by atoms with Crippen molar-refractivity contribution in [2.45, 2.75) is 99.8 Å². The molecule has 0 aliphatic carbocycles. The third-order valence-electron chi connectivity index (χ3n) is 12.1. The van der Waals surface area contributed by atoms with E-state index in [0.717, 1.165) is 68.1 Å². The van der Waals surface area contributed by atoms with Gasteiger partial charge < -0.3 is 44.5 Å². The average Bonchev–Trinajstić information content (AvgIpc) is 3.39. The molecular formula is C61H68N6O9. The van der Waals surface area contributed by atoms with E-state index in [0.29, 0.717) is 88.6 Å². The number of hydrogen-bond donors (Lipinski definition) is 5. The average molecular weight is 1030 g/mol. The third-order valence-corrected chi connectivity index (χ3v) is 12.1. The van der Waals surface area contributed by atoms with Crippen molar-refractivity contribution in [3.05, 3.63) is 126 Å². The quantitative estimate of drug-likeness (QED) is 0.0399. The van der Waals surface area contributed by atoms with Crippen LogP contribution in [0.15, 0.2) is 109 Å².